The van der Waals surface area contributed by atoms with E-state index in [0.717, 1.165) is 18.9 Å². The monoisotopic (exact) mass is 414 g/mol. The summed E-state index contributed by atoms with van der Waals surface area (Å²) in [4.78, 5) is 7.63. The van der Waals surface area contributed by atoms with Crippen LogP contribution >= 0.6 is 0 Å². The van der Waals surface area contributed by atoms with Gasteiger partial charge in [-0.15, -0.1) is 0 Å². The van der Waals surface area contributed by atoms with Gasteiger partial charge in [0.25, 0.3) is 0 Å². The Kier molecular flexibility index (Phi) is 6.21. The highest BCUT2D eigenvalue weighted by atomic mass is 32.2. The number of rotatable bonds is 6. The summed E-state index contributed by atoms with van der Waals surface area (Å²) in [5.41, 5.74) is 0. The molecule has 2 aromatic rings. The lowest BCUT2D eigenvalue weighted by Crippen LogP contribution is -2.51. The highest BCUT2D eigenvalue weighted by molar-refractivity contribution is 7.89. The third-order valence-corrected chi connectivity index (χ3v) is 6.13. The van der Waals surface area contributed by atoms with Crippen LogP contribution in [0.5, 0.6) is 0 Å². The van der Waals surface area contributed by atoms with Crippen molar-refractivity contribution < 1.29 is 21.6 Å². The fraction of sp³-hybridized carbons (Fsp3) is 0.389. The highest BCUT2D eigenvalue weighted by Crippen LogP contribution is 2.20. The number of nitrogens with one attached hydrogen (secondary N) is 1. The van der Waals surface area contributed by atoms with Crippen LogP contribution in [0.1, 0.15) is 6.92 Å². The number of halogens is 3. The van der Waals surface area contributed by atoms with Gasteiger partial charge in [-0.3, -0.25) is 4.90 Å². The Morgan fingerprint density at radius 2 is 1.79 bits per heavy atom. The zero-order valence-corrected chi connectivity index (χ0v) is 16.1. The molecule has 0 aliphatic carbocycles. The van der Waals surface area contributed by atoms with Crippen LogP contribution in [0.4, 0.5) is 19.0 Å². The lowest BCUT2D eigenvalue weighted by atomic mass is 10.2. The summed E-state index contributed by atoms with van der Waals surface area (Å²) in [6.07, 6.45) is 1.73. The first-order valence-corrected chi connectivity index (χ1v) is 10.3. The molecular formula is C18H21F3N4O2S. The number of sulfonamides is 1. The molecule has 1 saturated heterocycles. The van der Waals surface area contributed by atoms with Crippen LogP contribution in [-0.2, 0) is 10.0 Å². The van der Waals surface area contributed by atoms with E-state index in [2.05, 4.69) is 19.5 Å². The average molecular weight is 414 g/mol. The van der Waals surface area contributed by atoms with E-state index >= 15 is 0 Å². The Balaban J connectivity index is 1.57. The molecule has 1 N–H and O–H groups in total. The van der Waals surface area contributed by atoms with Crippen molar-refractivity contribution in [1.82, 2.24) is 14.6 Å². The zero-order valence-electron chi connectivity index (χ0n) is 15.3. The van der Waals surface area contributed by atoms with E-state index in [1.54, 1.807) is 13.1 Å². The van der Waals surface area contributed by atoms with Crippen molar-refractivity contribution in [2.75, 3.05) is 37.6 Å². The molecule has 2 heterocycles. The summed E-state index contributed by atoms with van der Waals surface area (Å²) in [5.74, 6) is -4.06. The first-order valence-electron chi connectivity index (χ1n) is 8.82. The molecule has 1 aromatic carbocycles. The molecular weight excluding hydrogens is 393 g/mol. The molecule has 1 unspecified atom stereocenters. The van der Waals surface area contributed by atoms with Crippen molar-refractivity contribution >= 4 is 15.8 Å². The van der Waals surface area contributed by atoms with Gasteiger partial charge < -0.3 is 4.90 Å². The van der Waals surface area contributed by atoms with Gasteiger partial charge in [0.1, 0.15) is 10.7 Å². The molecule has 1 fully saturated rings. The van der Waals surface area contributed by atoms with Gasteiger partial charge in [-0.05, 0) is 31.2 Å². The number of anilines is 1. The predicted molar refractivity (Wildman–Crippen MR) is 99.0 cm³/mol. The standard InChI is InChI=1S/C18H21F3N4O2S/c1-13(23-28(26,27)15-6-5-14(19)17(20)18(15)21)12-24-8-10-25(11-9-24)16-4-2-3-7-22-16/h2-7,13,23H,8-12H2,1H3. The molecule has 10 heteroatoms. The number of pyridine rings is 1. The second-order valence-corrected chi connectivity index (χ2v) is 8.35. The second-order valence-electron chi connectivity index (χ2n) is 6.67. The first-order chi connectivity index (χ1) is 13.3. The Hall–Kier alpha value is -2.17. The van der Waals surface area contributed by atoms with Gasteiger partial charge in [0.2, 0.25) is 10.0 Å². The Morgan fingerprint density at radius 1 is 1.07 bits per heavy atom. The highest BCUT2D eigenvalue weighted by Gasteiger charge is 2.27. The van der Waals surface area contributed by atoms with E-state index in [-0.39, 0.29) is 0 Å². The molecule has 1 atom stereocenters. The normalized spacial score (nSPS) is 16.9. The summed E-state index contributed by atoms with van der Waals surface area (Å²) in [6, 6.07) is 6.47. The Morgan fingerprint density at radius 3 is 2.43 bits per heavy atom. The van der Waals surface area contributed by atoms with Crippen molar-refractivity contribution in [3.8, 4) is 0 Å². The van der Waals surface area contributed by atoms with Crippen molar-refractivity contribution in [2.24, 2.45) is 0 Å². The Bertz CT molecular complexity index is 920. The summed E-state index contributed by atoms with van der Waals surface area (Å²) in [7, 11) is -4.31. The Labute approximate surface area is 162 Å². The van der Waals surface area contributed by atoms with E-state index in [1.165, 1.54) is 0 Å². The SMILES string of the molecule is CC(CN1CCN(c2ccccn2)CC1)NS(=O)(=O)c1ccc(F)c(F)c1F. The van der Waals surface area contributed by atoms with Gasteiger partial charge in [0.05, 0.1) is 0 Å². The lowest BCUT2D eigenvalue weighted by Gasteiger charge is -2.36. The molecule has 6 nitrogen and oxygen atoms in total. The molecule has 152 valence electrons. The molecule has 3 rings (SSSR count). The van der Waals surface area contributed by atoms with E-state index in [9.17, 15) is 21.6 Å². The number of nitrogens with zero attached hydrogens (tertiary/aromatic N) is 3. The predicted octanol–water partition coefficient (Wildman–Crippen LogP) is 1.99. The lowest BCUT2D eigenvalue weighted by molar-refractivity contribution is 0.241. The van der Waals surface area contributed by atoms with Crippen molar-refractivity contribution in [2.45, 2.75) is 17.9 Å². The number of aromatic nitrogens is 1. The average Bonchev–Trinajstić information content (AvgIpc) is 2.66. The maximum Gasteiger partial charge on any atom is 0.243 e. The van der Waals surface area contributed by atoms with Crippen LogP contribution in [0.3, 0.4) is 0 Å². The maximum absolute atomic E-state index is 13.8. The summed E-state index contributed by atoms with van der Waals surface area (Å²) in [5, 5.41) is 0. The molecule has 0 radical (unpaired) electrons. The smallest absolute Gasteiger partial charge is 0.243 e. The summed E-state index contributed by atoms with van der Waals surface area (Å²) < 4.78 is 67.2. The van der Waals surface area contributed by atoms with Crippen LogP contribution in [0.25, 0.3) is 0 Å². The van der Waals surface area contributed by atoms with Crippen molar-refractivity contribution in [3.05, 3.63) is 54.0 Å². The fourth-order valence-corrected chi connectivity index (χ4v) is 4.47. The van der Waals surface area contributed by atoms with E-state index in [4.69, 9.17) is 0 Å². The van der Waals surface area contributed by atoms with Crippen LogP contribution in [-0.4, -0.2) is 57.1 Å². The minimum atomic E-state index is -4.31. The third-order valence-electron chi connectivity index (χ3n) is 4.52. The largest absolute Gasteiger partial charge is 0.354 e. The second kappa shape index (κ2) is 8.46. The number of hydrogen-bond donors (Lipinski definition) is 1. The number of benzene rings is 1. The zero-order chi connectivity index (χ0) is 20.3. The molecule has 28 heavy (non-hydrogen) atoms. The van der Waals surface area contributed by atoms with Crippen LogP contribution in [0.2, 0.25) is 0 Å². The van der Waals surface area contributed by atoms with E-state index in [1.807, 2.05) is 18.2 Å². The minimum Gasteiger partial charge on any atom is -0.354 e. The molecule has 0 spiro atoms. The maximum atomic E-state index is 13.8. The van der Waals surface area contributed by atoms with Gasteiger partial charge in [-0.2, -0.15) is 0 Å². The molecule has 0 bridgehead atoms. The molecule has 1 aliphatic heterocycles. The minimum absolute atomic E-state index is 0.403. The van der Waals surface area contributed by atoms with Crippen molar-refractivity contribution in [3.63, 3.8) is 0 Å². The van der Waals surface area contributed by atoms with Crippen LogP contribution < -0.4 is 9.62 Å². The summed E-state index contributed by atoms with van der Waals surface area (Å²) in [6.45, 7) is 4.95. The van der Waals surface area contributed by atoms with Crippen molar-refractivity contribution in [1.29, 1.82) is 0 Å². The van der Waals surface area contributed by atoms with Gasteiger partial charge in [-0.1, -0.05) is 6.07 Å². The third kappa shape index (κ3) is 4.62. The molecule has 1 aliphatic rings. The van der Waals surface area contributed by atoms with Gasteiger partial charge in [-0.25, -0.2) is 31.3 Å². The molecule has 1 aromatic heterocycles. The van der Waals surface area contributed by atoms with Gasteiger partial charge in [0, 0.05) is 45.0 Å². The van der Waals surface area contributed by atoms with E-state index in [0.29, 0.717) is 31.8 Å². The van der Waals surface area contributed by atoms with Gasteiger partial charge >= 0.3 is 0 Å². The molecule has 0 amide bonds. The van der Waals surface area contributed by atoms with Gasteiger partial charge in [0.15, 0.2) is 17.5 Å². The number of piperazine rings is 1. The topological polar surface area (TPSA) is 65.5 Å². The molecule has 0 saturated carbocycles. The van der Waals surface area contributed by atoms with Crippen LogP contribution in [0.15, 0.2) is 41.4 Å². The van der Waals surface area contributed by atoms with Crippen LogP contribution in [0, 0.1) is 17.5 Å². The first kappa shape index (κ1) is 20.6. The fourth-order valence-electron chi connectivity index (χ4n) is 3.17. The number of hydrogen-bond acceptors (Lipinski definition) is 5. The quantitative estimate of drug-likeness (QED) is 0.733. The van der Waals surface area contributed by atoms with E-state index < -0.39 is 38.4 Å². The summed E-state index contributed by atoms with van der Waals surface area (Å²) >= 11 is 0.